The highest BCUT2D eigenvalue weighted by Gasteiger charge is 2.59. The average molecular weight is 405 g/mol. The van der Waals surface area contributed by atoms with Gasteiger partial charge < -0.3 is 5.32 Å². The molecule has 0 aromatic heterocycles. The first-order chi connectivity index (χ1) is 13.1. The van der Waals surface area contributed by atoms with Gasteiger partial charge >= 0.3 is 0 Å². The lowest BCUT2D eigenvalue weighted by Crippen LogP contribution is -2.52. The average Bonchev–Trinajstić information content (AvgIpc) is 3.17. The molecular weight excluding hydrogens is 372 g/mol. The first kappa shape index (κ1) is 19.9. The van der Waals surface area contributed by atoms with E-state index in [0.717, 1.165) is 32.1 Å². The number of fused-ring (bicyclic) bond motifs is 2. The number of piperidine rings is 1. The summed E-state index contributed by atoms with van der Waals surface area (Å²) in [6, 6.07) is 6.66. The molecule has 0 unspecified atom stereocenters. The molecule has 1 aromatic carbocycles. The van der Waals surface area contributed by atoms with Crippen molar-refractivity contribution >= 4 is 15.9 Å². The molecule has 2 saturated carbocycles. The summed E-state index contributed by atoms with van der Waals surface area (Å²) in [7, 11) is -3.54. The maximum absolute atomic E-state index is 13.0. The summed E-state index contributed by atoms with van der Waals surface area (Å²) in [6.07, 6.45) is 6.42. The molecule has 1 heterocycles. The molecule has 2 bridgehead atoms. The van der Waals surface area contributed by atoms with Gasteiger partial charge in [-0.15, -0.1) is 0 Å². The van der Waals surface area contributed by atoms with Crippen LogP contribution in [0.4, 0.5) is 0 Å². The van der Waals surface area contributed by atoms with E-state index >= 15 is 0 Å². The van der Waals surface area contributed by atoms with Gasteiger partial charge in [-0.05, 0) is 67.1 Å². The number of rotatable bonds is 4. The quantitative estimate of drug-likeness (QED) is 0.830. The van der Waals surface area contributed by atoms with Gasteiger partial charge in [-0.25, -0.2) is 8.42 Å². The van der Waals surface area contributed by atoms with Crippen LogP contribution in [0.15, 0.2) is 29.2 Å². The van der Waals surface area contributed by atoms with E-state index in [1.165, 1.54) is 6.42 Å². The summed E-state index contributed by atoms with van der Waals surface area (Å²) >= 11 is 0. The van der Waals surface area contributed by atoms with E-state index in [4.69, 9.17) is 0 Å². The number of hydrogen-bond acceptors (Lipinski definition) is 3. The third-order valence-electron chi connectivity index (χ3n) is 7.59. The second-order valence-corrected chi connectivity index (χ2v) is 11.8. The molecule has 28 heavy (non-hydrogen) atoms. The van der Waals surface area contributed by atoms with Crippen molar-refractivity contribution in [3.8, 4) is 0 Å². The van der Waals surface area contributed by atoms with Crippen molar-refractivity contribution < 1.29 is 13.2 Å². The van der Waals surface area contributed by atoms with Crippen LogP contribution in [-0.4, -0.2) is 37.8 Å². The summed E-state index contributed by atoms with van der Waals surface area (Å²) in [6.45, 7) is 7.92. The van der Waals surface area contributed by atoms with Gasteiger partial charge in [0.05, 0.1) is 4.90 Å². The van der Waals surface area contributed by atoms with Crippen molar-refractivity contribution in [3.63, 3.8) is 0 Å². The maximum atomic E-state index is 13.0. The number of amides is 1. The first-order valence-electron chi connectivity index (χ1n) is 10.6. The van der Waals surface area contributed by atoms with Crippen LogP contribution >= 0.6 is 0 Å². The zero-order valence-corrected chi connectivity index (χ0v) is 18.0. The maximum Gasteiger partial charge on any atom is 0.251 e. The van der Waals surface area contributed by atoms with Gasteiger partial charge in [0.15, 0.2) is 0 Å². The molecule has 4 rings (SSSR count). The Morgan fingerprint density at radius 1 is 1.14 bits per heavy atom. The van der Waals surface area contributed by atoms with Gasteiger partial charge in [-0.1, -0.05) is 33.3 Å². The number of carbonyl (C=O) groups is 1. The standard InChI is InChI=1S/C22H32N2O3S/c1-21(2)17-10-11-22(3,15-17)20(21)23-19(25)16-8-7-9-18(14-16)28(26,27)24-12-5-4-6-13-24/h7-9,14,17,20H,4-6,10-13,15H2,1-3H3,(H,23,25)/t17-,20+,22+/m1/s1. The number of nitrogens with zero attached hydrogens (tertiary/aromatic N) is 1. The molecule has 1 N–H and O–H groups in total. The van der Waals surface area contributed by atoms with E-state index < -0.39 is 10.0 Å². The smallest absolute Gasteiger partial charge is 0.251 e. The summed E-state index contributed by atoms with van der Waals surface area (Å²) in [5.41, 5.74) is 0.641. The SMILES string of the molecule is CC1(C)[C@@H]2CC[C@@](C)(C2)[C@H]1NC(=O)c1cccc(S(=O)(=O)N2CCCCC2)c1. The molecule has 1 amide bonds. The van der Waals surface area contributed by atoms with Crippen molar-refractivity contribution in [1.29, 1.82) is 0 Å². The summed E-state index contributed by atoms with van der Waals surface area (Å²) in [4.78, 5) is 13.3. The fourth-order valence-electron chi connectivity index (χ4n) is 5.93. The molecule has 1 aliphatic heterocycles. The molecule has 3 aliphatic rings. The van der Waals surface area contributed by atoms with Crippen molar-refractivity contribution in [1.82, 2.24) is 9.62 Å². The lowest BCUT2D eigenvalue weighted by Gasteiger charge is -2.43. The number of benzene rings is 1. The number of nitrogens with one attached hydrogen (secondary N) is 1. The molecule has 1 aromatic rings. The zero-order chi connectivity index (χ0) is 20.2. The monoisotopic (exact) mass is 404 g/mol. The number of hydrogen-bond donors (Lipinski definition) is 1. The summed E-state index contributed by atoms with van der Waals surface area (Å²) in [5, 5.41) is 3.27. The topological polar surface area (TPSA) is 66.5 Å². The number of carbonyl (C=O) groups excluding carboxylic acids is 1. The van der Waals surface area contributed by atoms with Crippen LogP contribution in [0.1, 0.15) is 69.7 Å². The Kier molecular flexibility index (Phi) is 4.86. The van der Waals surface area contributed by atoms with E-state index in [9.17, 15) is 13.2 Å². The van der Waals surface area contributed by atoms with Crippen LogP contribution in [0.5, 0.6) is 0 Å². The fourth-order valence-corrected chi connectivity index (χ4v) is 7.49. The first-order valence-corrected chi connectivity index (χ1v) is 12.0. The van der Waals surface area contributed by atoms with Gasteiger partial charge in [0, 0.05) is 24.7 Å². The molecule has 6 heteroatoms. The third-order valence-corrected chi connectivity index (χ3v) is 9.49. The predicted octanol–water partition coefficient (Wildman–Crippen LogP) is 3.81. The Morgan fingerprint density at radius 3 is 2.50 bits per heavy atom. The highest BCUT2D eigenvalue weighted by atomic mass is 32.2. The van der Waals surface area contributed by atoms with Crippen LogP contribution in [-0.2, 0) is 10.0 Å². The minimum Gasteiger partial charge on any atom is -0.348 e. The molecular formula is C22H32N2O3S. The van der Waals surface area contributed by atoms with Crippen LogP contribution in [0.3, 0.4) is 0 Å². The van der Waals surface area contributed by atoms with E-state index in [1.807, 2.05) is 0 Å². The van der Waals surface area contributed by atoms with Crippen LogP contribution in [0.25, 0.3) is 0 Å². The lowest BCUT2D eigenvalue weighted by molar-refractivity contribution is 0.0737. The van der Waals surface area contributed by atoms with Gasteiger partial charge in [-0.3, -0.25) is 4.79 Å². The molecule has 3 atom stereocenters. The lowest BCUT2D eigenvalue weighted by atomic mass is 9.68. The van der Waals surface area contributed by atoms with Gasteiger partial charge in [-0.2, -0.15) is 4.31 Å². The van der Waals surface area contributed by atoms with Gasteiger partial charge in [0.2, 0.25) is 10.0 Å². The van der Waals surface area contributed by atoms with Gasteiger partial charge in [0.1, 0.15) is 0 Å². The highest BCUT2D eigenvalue weighted by Crippen LogP contribution is 2.62. The normalized spacial score (nSPS) is 32.4. The largest absolute Gasteiger partial charge is 0.348 e. The molecule has 154 valence electrons. The van der Waals surface area contributed by atoms with Gasteiger partial charge in [0.25, 0.3) is 5.91 Å². The Morgan fingerprint density at radius 2 is 1.86 bits per heavy atom. The molecule has 0 radical (unpaired) electrons. The Labute approximate surface area is 168 Å². The van der Waals surface area contributed by atoms with Crippen LogP contribution < -0.4 is 5.32 Å². The molecule has 5 nitrogen and oxygen atoms in total. The summed E-state index contributed by atoms with van der Waals surface area (Å²) in [5.74, 6) is 0.483. The minimum atomic E-state index is -3.54. The Balaban J connectivity index is 1.55. The molecule has 0 spiro atoms. The minimum absolute atomic E-state index is 0.0696. The second-order valence-electron chi connectivity index (χ2n) is 9.81. The van der Waals surface area contributed by atoms with E-state index in [2.05, 4.69) is 26.1 Å². The summed E-state index contributed by atoms with van der Waals surface area (Å²) < 4.78 is 27.5. The van der Waals surface area contributed by atoms with E-state index in [1.54, 1.807) is 28.6 Å². The van der Waals surface area contributed by atoms with Crippen molar-refractivity contribution in [2.45, 2.75) is 70.2 Å². The Bertz CT molecular complexity index is 869. The van der Waals surface area contributed by atoms with Crippen LogP contribution in [0, 0.1) is 16.7 Å². The zero-order valence-electron chi connectivity index (χ0n) is 17.2. The van der Waals surface area contributed by atoms with Crippen molar-refractivity contribution in [2.75, 3.05) is 13.1 Å². The fraction of sp³-hybridized carbons (Fsp3) is 0.682. The molecule has 1 saturated heterocycles. The highest BCUT2D eigenvalue weighted by molar-refractivity contribution is 7.89. The predicted molar refractivity (Wildman–Crippen MR) is 110 cm³/mol. The van der Waals surface area contributed by atoms with E-state index in [0.29, 0.717) is 24.6 Å². The van der Waals surface area contributed by atoms with Crippen LogP contribution in [0.2, 0.25) is 0 Å². The molecule has 3 fully saturated rings. The van der Waals surface area contributed by atoms with E-state index in [-0.39, 0.29) is 27.7 Å². The molecule has 2 aliphatic carbocycles. The Hall–Kier alpha value is -1.40. The van der Waals surface area contributed by atoms with Crippen molar-refractivity contribution in [2.24, 2.45) is 16.7 Å². The number of sulfonamides is 1. The van der Waals surface area contributed by atoms with Crippen molar-refractivity contribution in [3.05, 3.63) is 29.8 Å². The second kappa shape index (κ2) is 6.84. The third kappa shape index (κ3) is 3.18.